The highest BCUT2D eigenvalue weighted by Gasteiger charge is 1.99. The number of phenolic OH excluding ortho intramolecular Hbond substituents is 1. The van der Waals surface area contributed by atoms with Gasteiger partial charge >= 0.3 is 0 Å². The average molecular weight is 234 g/mol. The molecule has 0 aliphatic carbocycles. The Morgan fingerprint density at radius 2 is 2.00 bits per heavy atom. The third kappa shape index (κ3) is 2.74. The molecule has 3 nitrogen and oxygen atoms in total. The molecule has 2 aromatic rings. The van der Waals surface area contributed by atoms with Crippen molar-refractivity contribution in [1.82, 2.24) is 0 Å². The van der Waals surface area contributed by atoms with Gasteiger partial charge in [0.25, 0.3) is 0 Å². The van der Waals surface area contributed by atoms with Crippen LogP contribution in [0.1, 0.15) is 9.75 Å². The second-order valence-electron chi connectivity index (χ2n) is 3.48. The van der Waals surface area contributed by atoms with Crippen LogP contribution < -0.4 is 11.1 Å². The van der Waals surface area contributed by atoms with Crippen LogP contribution in [-0.2, 0) is 13.1 Å². The number of hydrogen-bond acceptors (Lipinski definition) is 4. The first kappa shape index (κ1) is 11.0. The molecule has 0 saturated heterocycles. The first-order valence-electron chi connectivity index (χ1n) is 5.08. The number of phenols is 1. The summed E-state index contributed by atoms with van der Waals surface area (Å²) < 4.78 is 0. The Balaban J connectivity index is 1.96. The predicted octanol–water partition coefficient (Wildman–Crippen LogP) is 2.52. The van der Waals surface area contributed by atoms with E-state index in [1.807, 2.05) is 18.2 Å². The Morgan fingerprint density at radius 3 is 2.69 bits per heavy atom. The molecule has 0 radical (unpaired) electrons. The van der Waals surface area contributed by atoms with Crippen LogP contribution in [0.5, 0.6) is 5.75 Å². The van der Waals surface area contributed by atoms with Crippen molar-refractivity contribution >= 4 is 17.0 Å². The smallest absolute Gasteiger partial charge is 0.117 e. The molecule has 1 aromatic heterocycles. The van der Waals surface area contributed by atoms with Gasteiger partial charge in [-0.3, -0.25) is 0 Å². The van der Waals surface area contributed by atoms with E-state index >= 15 is 0 Å². The van der Waals surface area contributed by atoms with Gasteiger partial charge in [0.2, 0.25) is 0 Å². The standard InChI is InChI=1S/C12H14N2OS/c13-7-11-4-5-12(16-11)8-14-9-2-1-3-10(15)6-9/h1-6,14-15H,7-8,13H2. The number of nitrogens with one attached hydrogen (secondary N) is 1. The third-order valence-corrected chi connectivity index (χ3v) is 3.34. The fourth-order valence-corrected chi connectivity index (χ4v) is 2.27. The summed E-state index contributed by atoms with van der Waals surface area (Å²) in [6.07, 6.45) is 0. The van der Waals surface area contributed by atoms with Crippen molar-refractivity contribution in [1.29, 1.82) is 0 Å². The molecule has 0 unspecified atom stereocenters. The van der Waals surface area contributed by atoms with Gasteiger partial charge < -0.3 is 16.2 Å². The Hall–Kier alpha value is -1.52. The molecule has 0 saturated carbocycles. The van der Waals surface area contributed by atoms with Crippen molar-refractivity contribution in [2.45, 2.75) is 13.1 Å². The number of anilines is 1. The monoisotopic (exact) mass is 234 g/mol. The molecule has 0 bridgehead atoms. The summed E-state index contributed by atoms with van der Waals surface area (Å²) in [6.45, 7) is 1.35. The topological polar surface area (TPSA) is 58.3 Å². The van der Waals surface area contributed by atoms with E-state index in [1.54, 1.807) is 23.5 Å². The Labute approximate surface area is 98.5 Å². The number of benzene rings is 1. The van der Waals surface area contributed by atoms with Crippen molar-refractivity contribution < 1.29 is 5.11 Å². The number of aromatic hydroxyl groups is 1. The second-order valence-corrected chi connectivity index (χ2v) is 4.73. The molecular weight excluding hydrogens is 220 g/mol. The van der Waals surface area contributed by atoms with Gasteiger partial charge in [0.05, 0.1) is 0 Å². The lowest BCUT2D eigenvalue weighted by Crippen LogP contribution is -1.96. The van der Waals surface area contributed by atoms with E-state index in [-0.39, 0.29) is 5.75 Å². The van der Waals surface area contributed by atoms with Gasteiger partial charge in [-0.05, 0) is 24.3 Å². The lowest BCUT2D eigenvalue weighted by Gasteiger charge is -2.04. The highest BCUT2D eigenvalue weighted by atomic mass is 32.1. The van der Waals surface area contributed by atoms with Crippen LogP contribution in [0, 0.1) is 0 Å². The zero-order valence-corrected chi connectivity index (χ0v) is 9.63. The average Bonchev–Trinajstić information content (AvgIpc) is 2.74. The largest absolute Gasteiger partial charge is 0.508 e. The quantitative estimate of drug-likeness (QED) is 0.762. The van der Waals surface area contributed by atoms with Crippen LogP contribution in [0.15, 0.2) is 36.4 Å². The van der Waals surface area contributed by atoms with E-state index in [4.69, 9.17) is 5.73 Å². The lowest BCUT2D eigenvalue weighted by molar-refractivity contribution is 0.475. The summed E-state index contributed by atoms with van der Waals surface area (Å²) >= 11 is 1.71. The fourth-order valence-electron chi connectivity index (χ4n) is 1.43. The molecule has 1 aromatic carbocycles. The van der Waals surface area contributed by atoms with Gasteiger partial charge in [0, 0.05) is 34.6 Å². The minimum atomic E-state index is 0.277. The van der Waals surface area contributed by atoms with Crippen molar-refractivity contribution in [2.75, 3.05) is 5.32 Å². The zero-order chi connectivity index (χ0) is 11.4. The fraction of sp³-hybridized carbons (Fsp3) is 0.167. The number of rotatable bonds is 4. The molecule has 4 heteroatoms. The van der Waals surface area contributed by atoms with Crippen molar-refractivity contribution in [3.63, 3.8) is 0 Å². The van der Waals surface area contributed by atoms with Crippen LogP contribution in [0.2, 0.25) is 0 Å². The molecule has 0 amide bonds. The number of thiophene rings is 1. The lowest BCUT2D eigenvalue weighted by atomic mass is 10.3. The van der Waals surface area contributed by atoms with Crippen LogP contribution in [-0.4, -0.2) is 5.11 Å². The molecule has 84 valence electrons. The minimum absolute atomic E-state index is 0.277. The summed E-state index contributed by atoms with van der Waals surface area (Å²) in [4.78, 5) is 2.43. The Kier molecular flexibility index (Phi) is 3.44. The van der Waals surface area contributed by atoms with E-state index in [9.17, 15) is 5.11 Å². The summed E-state index contributed by atoms with van der Waals surface area (Å²) in [7, 11) is 0. The molecule has 0 spiro atoms. The maximum atomic E-state index is 9.30. The van der Waals surface area contributed by atoms with E-state index < -0.39 is 0 Å². The summed E-state index contributed by atoms with van der Waals surface area (Å²) in [5.74, 6) is 0.277. The molecular formula is C12H14N2OS. The SMILES string of the molecule is NCc1ccc(CNc2cccc(O)c2)s1. The Morgan fingerprint density at radius 1 is 1.19 bits per heavy atom. The minimum Gasteiger partial charge on any atom is -0.508 e. The molecule has 0 atom stereocenters. The number of hydrogen-bond donors (Lipinski definition) is 3. The normalized spacial score (nSPS) is 10.3. The molecule has 0 fully saturated rings. The molecule has 0 aliphatic rings. The maximum Gasteiger partial charge on any atom is 0.117 e. The van der Waals surface area contributed by atoms with Gasteiger partial charge in [-0.1, -0.05) is 6.07 Å². The summed E-state index contributed by atoms with van der Waals surface area (Å²) in [6, 6.07) is 11.2. The number of nitrogens with two attached hydrogens (primary N) is 1. The van der Waals surface area contributed by atoms with Crippen LogP contribution >= 0.6 is 11.3 Å². The van der Waals surface area contributed by atoms with Crippen LogP contribution in [0.3, 0.4) is 0 Å². The van der Waals surface area contributed by atoms with E-state index in [0.717, 1.165) is 12.2 Å². The van der Waals surface area contributed by atoms with Gasteiger partial charge in [-0.25, -0.2) is 0 Å². The van der Waals surface area contributed by atoms with Crippen molar-refractivity contribution in [3.8, 4) is 5.75 Å². The van der Waals surface area contributed by atoms with Gasteiger partial charge in [-0.15, -0.1) is 11.3 Å². The van der Waals surface area contributed by atoms with E-state index in [0.29, 0.717) is 6.54 Å². The third-order valence-electron chi connectivity index (χ3n) is 2.23. The molecule has 2 rings (SSSR count). The van der Waals surface area contributed by atoms with E-state index in [1.165, 1.54) is 9.75 Å². The van der Waals surface area contributed by atoms with Gasteiger partial charge in [-0.2, -0.15) is 0 Å². The molecule has 1 heterocycles. The molecule has 16 heavy (non-hydrogen) atoms. The van der Waals surface area contributed by atoms with Crippen LogP contribution in [0.25, 0.3) is 0 Å². The van der Waals surface area contributed by atoms with Gasteiger partial charge in [0.15, 0.2) is 0 Å². The van der Waals surface area contributed by atoms with Crippen molar-refractivity contribution in [3.05, 3.63) is 46.2 Å². The zero-order valence-electron chi connectivity index (χ0n) is 8.81. The van der Waals surface area contributed by atoms with E-state index in [2.05, 4.69) is 11.4 Å². The summed E-state index contributed by atoms with van der Waals surface area (Å²) in [5.41, 5.74) is 6.47. The maximum absolute atomic E-state index is 9.30. The molecule has 0 aliphatic heterocycles. The van der Waals surface area contributed by atoms with Gasteiger partial charge in [0.1, 0.15) is 5.75 Å². The first-order chi connectivity index (χ1) is 7.78. The van der Waals surface area contributed by atoms with Crippen molar-refractivity contribution in [2.24, 2.45) is 5.73 Å². The molecule has 4 N–H and O–H groups in total. The highest BCUT2D eigenvalue weighted by molar-refractivity contribution is 7.11. The predicted molar refractivity (Wildman–Crippen MR) is 67.6 cm³/mol. The van der Waals surface area contributed by atoms with Crippen LogP contribution in [0.4, 0.5) is 5.69 Å². The first-order valence-corrected chi connectivity index (χ1v) is 5.90. The Bertz CT molecular complexity index is 468. The summed E-state index contributed by atoms with van der Waals surface area (Å²) in [5, 5.41) is 12.5. The highest BCUT2D eigenvalue weighted by Crippen LogP contribution is 2.19. The second kappa shape index (κ2) is 5.01.